The van der Waals surface area contributed by atoms with Crippen LogP contribution in [0.1, 0.15) is 11.1 Å². The van der Waals surface area contributed by atoms with Crippen molar-refractivity contribution >= 4 is 22.9 Å². The molecule has 7 heteroatoms. The first-order valence-corrected chi connectivity index (χ1v) is 9.74. The summed E-state index contributed by atoms with van der Waals surface area (Å²) in [6, 6.07) is 17.7. The molecule has 28 heavy (non-hydrogen) atoms. The fourth-order valence-corrected chi connectivity index (χ4v) is 3.78. The van der Waals surface area contributed by atoms with Crippen molar-refractivity contribution < 1.29 is 4.74 Å². The van der Waals surface area contributed by atoms with E-state index in [1.807, 2.05) is 54.6 Å². The van der Waals surface area contributed by atoms with E-state index in [0.29, 0.717) is 23.1 Å². The highest BCUT2D eigenvalue weighted by Gasteiger charge is 2.14. The molecule has 4 rings (SSSR count). The molecule has 0 radical (unpaired) electrons. The second-order valence-corrected chi connectivity index (χ2v) is 7.08. The van der Waals surface area contributed by atoms with Crippen molar-refractivity contribution in [3.05, 3.63) is 88.5 Å². The molecule has 0 spiro atoms. The Morgan fingerprint density at radius 2 is 1.79 bits per heavy atom. The topological polar surface area (TPSA) is 69.9 Å². The number of rotatable bonds is 6. The molecular formula is C21H18N4O2S. The van der Waals surface area contributed by atoms with E-state index < -0.39 is 0 Å². The lowest BCUT2D eigenvalue weighted by atomic mass is 10.2. The predicted octanol–water partition coefficient (Wildman–Crippen LogP) is 3.54. The summed E-state index contributed by atoms with van der Waals surface area (Å²) in [4.78, 5) is 26.1. The normalized spacial score (nSPS) is 10.9. The Hall–Kier alpha value is -3.19. The number of fused-ring (bicyclic) bond motifs is 1. The summed E-state index contributed by atoms with van der Waals surface area (Å²) in [5.74, 6) is 1.46. The van der Waals surface area contributed by atoms with E-state index in [4.69, 9.17) is 4.74 Å². The summed E-state index contributed by atoms with van der Waals surface area (Å²) in [5.41, 5.74) is 2.58. The van der Waals surface area contributed by atoms with Crippen LogP contribution in [-0.4, -0.2) is 26.6 Å². The van der Waals surface area contributed by atoms with Gasteiger partial charge in [-0.1, -0.05) is 54.2 Å². The molecule has 0 fully saturated rings. The zero-order chi connectivity index (χ0) is 19.3. The van der Waals surface area contributed by atoms with Crippen LogP contribution in [0.2, 0.25) is 0 Å². The highest BCUT2D eigenvalue weighted by Crippen LogP contribution is 2.24. The van der Waals surface area contributed by atoms with Gasteiger partial charge in [-0.25, -0.2) is 15.0 Å². The lowest BCUT2D eigenvalue weighted by Crippen LogP contribution is -2.25. The fourth-order valence-electron chi connectivity index (χ4n) is 2.85. The van der Waals surface area contributed by atoms with E-state index in [1.165, 1.54) is 18.0 Å². The second kappa shape index (κ2) is 8.22. The molecule has 2 aromatic carbocycles. The van der Waals surface area contributed by atoms with Crippen molar-refractivity contribution in [3.8, 4) is 5.75 Å². The smallest absolute Gasteiger partial charge is 0.282 e. The first kappa shape index (κ1) is 18.2. The standard InChI is InChI=1S/C21H18N4O2S/c1-27-17-9-5-8-16(12-17)14-28-21-24-19-18(22-10-11-23-19)20(26)25(21)13-15-6-3-2-4-7-15/h2-12H,13-14H2,1H3. The molecule has 0 atom stereocenters. The number of aromatic nitrogens is 4. The van der Waals surface area contributed by atoms with Gasteiger partial charge in [0.25, 0.3) is 5.56 Å². The van der Waals surface area contributed by atoms with Gasteiger partial charge in [0.2, 0.25) is 0 Å². The van der Waals surface area contributed by atoms with Gasteiger partial charge in [-0.2, -0.15) is 0 Å². The molecule has 0 N–H and O–H groups in total. The van der Waals surface area contributed by atoms with Crippen LogP contribution in [0.5, 0.6) is 5.75 Å². The molecule has 0 unspecified atom stereocenters. The van der Waals surface area contributed by atoms with Crippen molar-refractivity contribution in [2.75, 3.05) is 7.11 Å². The SMILES string of the molecule is COc1cccc(CSc2nc3nccnc3c(=O)n2Cc2ccccc2)c1. The van der Waals surface area contributed by atoms with E-state index in [9.17, 15) is 4.79 Å². The minimum atomic E-state index is -0.185. The fraction of sp³-hybridized carbons (Fsp3) is 0.143. The molecule has 0 saturated heterocycles. The number of nitrogens with zero attached hydrogens (tertiary/aromatic N) is 4. The number of ether oxygens (including phenoxy) is 1. The van der Waals surface area contributed by atoms with Crippen LogP contribution in [-0.2, 0) is 12.3 Å². The molecule has 0 amide bonds. The van der Waals surface area contributed by atoms with Gasteiger partial charge in [-0.05, 0) is 23.3 Å². The van der Waals surface area contributed by atoms with Crippen molar-refractivity contribution in [1.82, 2.24) is 19.5 Å². The molecule has 0 bridgehead atoms. The molecule has 4 aromatic rings. The molecule has 2 aromatic heterocycles. The van der Waals surface area contributed by atoms with Gasteiger partial charge in [0.1, 0.15) is 5.75 Å². The van der Waals surface area contributed by atoms with Gasteiger partial charge in [-0.15, -0.1) is 0 Å². The molecule has 0 aliphatic carbocycles. The number of benzene rings is 2. The van der Waals surface area contributed by atoms with Crippen molar-refractivity contribution in [2.24, 2.45) is 0 Å². The predicted molar refractivity (Wildman–Crippen MR) is 110 cm³/mol. The Morgan fingerprint density at radius 1 is 1.00 bits per heavy atom. The summed E-state index contributed by atoms with van der Waals surface area (Å²) in [7, 11) is 1.65. The highest BCUT2D eigenvalue weighted by atomic mass is 32.2. The Balaban J connectivity index is 1.72. The summed E-state index contributed by atoms with van der Waals surface area (Å²) in [6.07, 6.45) is 3.06. The first-order valence-electron chi connectivity index (χ1n) is 8.76. The maximum absolute atomic E-state index is 13.1. The van der Waals surface area contributed by atoms with Gasteiger partial charge in [-0.3, -0.25) is 9.36 Å². The zero-order valence-corrected chi connectivity index (χ0v) is 16.1. The quantitative estimate of drug-likeness (QED) is 0.370. The summed E-state index contributed by atoms with van der Waals surface area (Å²) >= 11 is 1.50. The molecule has 0 aliphatic heterocycles. The van der Waals surface area contributed by atoms with E-state index in [1.54, 1.807) is 17.9 Å². The zero-order valence-electron chi connectivity index (χ0n) is 15.3. The highest BCUT2D eigenvalue weighted by molar-refractivity contribution is 7.98. The van der Waals surface area contributed by atoms with Crippen LogP contribution in [0.3, 0.4) is 0 Å². The van der Waals surface area contributed by atoms with Crippen LogP contribution in [0.25, 0.3) is 11.2 Å². The van der Waals surface area contributed by atoms with Crippen LogP contribution in [0, 0.1) is 0 Å². The van der Waals surface area contributed by atoms with Crippen molar-refractivity contribution in [3.63, 3.8) is 0 Å². The first-order chi connectivity index (χ1) is 13.7. The van der Waals surface area contributed by atoms with E-state index in [-0.39, 0.29) is 11.1 Å². The molecule has 0 saturated carbocycles. The Bertz CT molecular complexity index is 1160. The van der Waals surface area contributed by atoms with Gasteiger partial charge >= 0.3 is 0 Å². The van der Waals surface area contributed by atoms with E-state index in [2.05, 4.69) is 15.0 Å². The third kappa shape index (κ3) is 3.89. The lowest BCUT2D eigenvalue weighted by Gasteiger charge is -2.13. The largest absolute Gasteiger partial charge is 0.497 e. The van der Waals surface area contributed by atoms with E-state index in [0.717, 1.165) is 16.9 Å². The maximum atomic E-state index is 13.1. The van der Waals surface area contributed by atoms with Crippen molar-refractivity contribution in [2.45, 2.75) is 17.5 Å². The molecule has 0 aliphatic rings. The van der Waals surface area contributed by atoms with Crippen LogP contribution < -0.4 is 10.3 Å². The monoisotopic (exact) mass is 390 g/mol. The number of methoxy groups -OCH3 is 1. The average Bonchev–Trinajstić information content (AvgIpc) is 2.75. The van der Waals surface area contributed by atoms with Crippen LogP contribution in [0.15, 0.2) is 76.9 Å². The molecule has 6 nitrogen and oxygen atoms in total. The summed E-state index contributed by atoms with van der Waals surface area (Å²) < 4.78 is 6.95. The number of hydrogen-bond donors (Lipinski definition) is 0. The van der Waals surface area contributed by atoms with Gasteiger partial charge in [0, 0.05) is 18.1 Å². The third-order valence-electron chi connectivity index (χ3n) is 4.24. The Morgan fingerprint density at radius 3 is 2.61 bits per heavy atom. The molecular weight excluding hydrogens is 372 g/mol. The molecule has 2 heterocycles. The average molecular weight is 390 g/mol. The van der Waals surface area contributed by atoms with Gasteiger partial charge in [0.15, 0.2) is 16.3 Å². The second-order valence-electron chi connectivity index (χ2n) is 6.14. The summed E-state index contributed by atoms with van der Waals surface area (Å²) in [6.45, 7) is 0.430. The maximum Gasteiger partial charge on any atom is 0.282 e. The van der Waals surface area contributed by atoms with Crippen LogP contribution in [0.4, 0.5) is 0 Å². The van der Waals surface area contributed by atoms with Crippen LogP contribution >= 0.6 is 11.8 Å². The lowest BCUT2D eigenvalue weighted by molar-refractivity contribution is 0.414. The van der Waals surface area contributed by atoms with Gasteiger partial charge < -0.3 is 4.74 Å². The van der Waals surface area contributed by atoms with E-state index >= 15 is 0 Å². The van der Waals surface area contributed by atoms with Gasteiger partial charge in [0.05, 0.1) is 13.7 Å². The minimum Gasteiger partial charge on any atom is -0.497 e. The molecule has 140 valence electrons. The third-order valence-corrected chi connectivity index (χ3v) is 5.29. The number of thioether (sulfide) groups is 1. The number of hydrogen-bond acceptors (Lipinski definition) is 6. The summed E-state index contributed by atoms with van der Waals surface area (Å²) in [5, 5.41) is 0.615. The minimum absolute atomic E-state index is 0.185. The Kier molecular flexibility index (Phi) is 5.34. The Labute approximate surface area is 166 Å². The van der Waals surface area contributed by atoms with Crippen molar-refractivity contribution in [1.29, 1.82) is 0 Å².